The van der Waals surface area contributed by atoms with Gasteiger partial charge in [0.05, 0.1) is 16.3 Å². The first-order valence-corrected chi connectivity index (χ1v) is 8.20. The van der Waals surface area contributed by atoms with E-state index in [0.29, 0.717) is 6.10 Å². The Morgan fingerprint density at radius 1 is 1.56 bits per heavy atom. The van der Waals surface area contributed by atoms with Gasteiger partial charge in [-0.25, -0.2) is 4.98 Å². The van der Waals surface area contributed by atoms with Crippen LogP contribution in [0.4, 0.5) is 5.13 Å². The Hall–Kier alpha value is -0.780. The Balaban J connectivity index is 1.76. The molecule has 18 heavy (non-hydrogen) atoms. The first-order valence-electron chi connectivity index (χ1n) is 6.16. The van der Waals surface area contributed by atoms with Gasteiger partial charge in [-0.1, -0.05) is 17.4 Å². The predicted octanol–water partition coefficient (Wildman–Crippen LogP) is 3.61. The molecule has 1 N–H and O–H groups in total. The van der Waals surface area contributed by atoms with Gasteiger partial charge >= 0.3 is 0 Å². The third-order valence-electron chi connectivity index (χ3n) is 3.11. The van der Waals surface area contributed by atoms with Crippen molar-refractivity contribution >= 4 is 38.4 Å². The first-order chi connectivity index (χ1) is 8.86. The number of nitrogens with one attached hydrogen (secondary N) is 1. The second kappa shape index (κ2) is 5.47. The van der Waals surface area contributed by atoms with E-state index in [-0.39, 0.29) is 0 Å². The van der Waals surface area contributed by atoms with Crippen LogP contribution in [0, 0.1) is 0 Å². The molecule has 1 saturated heterocycles. The number of anilines is 1. The summed E-state index contributed by atoms with van der Waals surface area (Å²) in [5.74, 6) is 0. The maximum atomic E-state index is 5.60. The Kier molecular flexibility index (Phi) is 3.72. The van der Waals surface area contributed by atoms with E-state index in [0.717, 1.165) is 30.2 Å². The molecule has 3 rings (SSSR count). The van der Waals surface area contributed by atoms with Gasteiger partial charge in [-0.2, -0.15) is 0 Å². The van der Waals surface area contributed by atoms with Crippen LogP contribution in [-0.2, 0) is 4.74 Å². The Labute approximate surface area is 115 Å². The van der Waals surface area contributed by atoms with Crippen molar-refractivity contribution in [1.82, 2.24) is 4.98 Å². The summed E-state index contributed by atoms with van der Waals surface area (Å²) in [6.07, 6.45) is 4.79. The SMILES string of the molecule is CSc1cccc2sc(NC[C@@H]3CCCO3)nc12. The molecule has 0 radical (unpaired) electrons. The molecule has 3 nitrogen and oxygen atoms in total. The molecule has 0 unspecified atom stereocenters. The molecule has 1 aliphatic heterocycles. The van der Waals surface area contributed by atoms with Gasteiger partial charge in [0.1, 0.15) is 0 Å². The van der Waals surface area contributed by atoms with E-state index in [1.54, 1.807) is 23.1 Å². The molecule has 0 saturated carbocycles. The van der Waals surface area contributed by atoms with Crippen molar-refractivity contribution in [2.75, 3.05) is 24.7 Å². The first kappa shape index (κ1) is 12.3. The van der Waals surface area contributed by atoms with Crippen LogP contribution >= 0.6 is 23.1 Å². The average Bonchev–Trinajstić information content (AvgIpc) is 3.04. The van der Waals surface area contributed by atoms with Crippen molar-refractivity contribution in [3.8, 4) is 0 Å². The number of benzene rings is 1. The zero-order valence-electron chi connectivity index (χ0n) is 10.3. The van der Waals surface area contributed by atoms with Crippen LogP contribution in [0.3, 0.4) is 0 Å². The summed E-state index contributed by atoms with van der Waals surface area (Å²) in [5.41, 5.74) is 1.12. The summed E-state index contributed by atoms with van der Waals surface area (Å²) in [5, 5.41) is 4.40. The highest BCUT2D eigenvalue weighted by atomic mass is 32.2. The maximum Gasteiger partial charge on any atom is 0.183 e. The number of aromatic nitrogens is 1. The molecule has 1 atom stereocenters. The fourth-order valence-electron chi connectivity index (χ4n) is 2.17. The number of nitrogens with zero attached hydrogens (tertiary/aromatic N) is 1. The topological polar surface area (TPSA) is 34.1 Å². The number of hydrogen-bond acceptors (Lipinski definition) is 5. The molecule has 1 fully saturated rings. The fourth-order valence-corrected chi connectivity index (χ4v) is 3.70. The molecule has 0 spiro atoms. The summed E-state index contributed by atoms with van der Waals surface area (Å²) >= 11 is 3.47. The van der Waals surface area contributed by atoms with Gasteiger partial charge in [-0.15, -0.1) is 11.8 Å². The van der Waals surface area contributed by atoms with Gasteiger partial charge < -0.3 is 10.1 Å². The molecule has 2 heterocycles. The van der Waals surface area contributed by atoms with Gasteiger partial charge in [0, 0.05) is 18.0 Å². The van der Waals surface area contributed by atoms with Crippen LogP contribution in [0.2, 0.25) is 0 Å². The van der Waals surface area contributed by atoms with E-state index in [1.807, 2.05) is 0 Å². The number of thioether (sulfide) groups is 1. The lowest BCUT2D eigenvalue weighted by molar-refractivity contribution is 0.120. The van der Waals surface area contributed by atoms with Crippen molar-refractivity contribution in [3.63, 3.8) is 0 Å². The summed E-state index contributed by atoms with van der Waals surface area (Å²) in [7, 11) is 0. The quantitative estimate of drug-likeness (QED) is 0.868. The highest BCUT2D eigenvalue weighted by Crippen LogP contribution is 2.32. The highest BCUT2D eigenvalue weighted by Gasteiger charge is 2.16. The van der Waals surface area contributed by atoms with Crippen LogP contribution in [-0.4, -0.2) is 30.5 Å². The van der Waals surface area contributed by atoms with Crippen LogP contribution < -0.4 is 5.32 Å². The fraction of sp³-hybridized carbons (Fsp3) is 0.462. The summed E-state index contributed by atoms with van der Waals surface area (Å²) in [6, 6.07) is 6.34. The van der Waals surface area contributed by atoms with E-state index in [9.17, 15) is 0 Å². The minimum atomic E-state index is 0.358. The Bertz CT molecular complexity index is 535. The van der Waals surface area contributed by atoms with Gasteiger partial charge in [0.25, 0.3) is 0 Å². The van der Waals surface area contributed by atoms with Crippen LogP contribution in [0.5, 0.6) is 0 Å². The third-order valence-corrected chi connectivity index (χ3v) is 4.85. The minimum Gasteiger partial charge on any atom is -0.376 e. The molecule has 1 aliphatic rings. The Morgan fingerprint density at radius 3 is 3.28 bits per heavy atom. The molecular weight excluding hydrogens is 264 g/mol. The Morgan fingerprint density at radius 2 is 2.50 bits per heavy atom. The summed E-state index contributed by atoms with van der Waals surface area (Å²) in [4.78, 5) is 5.92. The van der Waals surface area contributed by atoms with Crippen molar-refractivity contribution < 1.29 is 4.74 Å². The average molecular weight is 280 g/mol. The molecular formula is C13H16N2OS2. The van der Waals surface area contributed by atoms with Gasteiger partial charge in [0.15, 0.2) is 5.13 Å². The second-order valence-corrected chi connectivity index (χ2v) is 6.22. The second-order valence-electron chi connectivity index (χ2n) is 4.34. The summed E-state index contributed by atoms with van der Waals surface area (Å²) < 4.78 is 6.85. The van der Waals surface area contributed by atoms with E-state index in [4.69, 9.17) is 4.74 Å². The molecule has 5 heteroatoms. The largest absolute Gasteiger partial charge is 0.376 e. The molecule has 0 aliphatic carbocycles. The van der Waals surface area contributed by atoms with E-state index in [2.05, 4.69) is 34.8 Å². The third kappa shape index (κ3) is 2.48. The molecule has 96 valence electrons. The highest BCUT2D eigenvalue weighted by molar-refractivity contribution is 7.98. The number of thiazole rings is 1. The zero-order chi connectivity index (χ0) is 12.4. The van der Waals surface area contributed by atoms with Crippen molar-refractivity contribution in [3.05, 3.63) is 18.2 Å². The molecule has 2 aromatic rings. The van der Waals surface area contributed by atoms with Crippen molar-refractivity contribution in [2.45, 2.75) is 23.8 Å². The van der Waals surface area contributed by atoms with Gasteiger partial charge in [-0.05, 0) is 31.2 Å². The lowest BCUT2D eigenvalue weighted by Crippen LogP contribution is -2.18. The maximum absolute atomic E-state index is 5.60. The minimum absolute atomic E-state index is 0.358. The summed E-state index contributed by atoms with van der Waals surface area (Å²) in [6.45, 7) is 1.78. The monoisotopic (exact) mass is 280 g/mol. The van der Waals surface area contributed by atoms with E-state index < -0.39 is 0 Å². The lowest BCUT2D eigenvalue weighted by Gasteiger charge is -2.08. The number of ether oxygens (including phenoxy) is 1. The van der Waals surface area contributed by atoms with Crippen molar-refractivity contribution in [2.24, 2.45) is 0 Å². The van der Waals surface area contributed by atoms with Gasteiger partial charge in [-0.3, -0.25) is 0 Å². The molecule has 0 bridgehead atoms. The van der Waals surface area contributed by atoms with Gasteiger partial charge in [0.2, 0.25) is 0 Å². The lowest BCUT2D eigenvalue weighted by atomic mass is 10.2. The molecule has 1 aromatic heterocycles. The zero-order valence-corrected chi connectivity index (χ0v) is 11.9. The molecule has 0 amide bonds. The number of hydrogen-bond donors (Lipinski definition) is 1. The standard InChI is InChI=1S/C13H16N2OS2/c1-17-10-5-2-6-11-12(10)15-13(18-11)14-8-9-4-3-7-16-9/h2,5-6,9H,3-4,7-8H2,1H3,(H,14,15)/t9-/m0/s1. The van der Waals surface area contributed by atoms with Crippen LogP contribution in [0.15, 0.2) is 23.1 Å². The van der Waals surface area contributed by atoms with Crippen LogP contribution in [0.1, 0.15) is 12.8 Å². The van der Waals surface area contributed by atoms with E-state index >= 15 is 0 Å². The number of para-hydroxylation sites is 1. The van der Waals surface area contributed by atoms with E-state index in [1.165, 1.54) is 16.0 Å². The predicted molar refractivity (Wildman–Crippen MR) is 78.9 cm³/mol. The number of rotatable bonds is 4. The molecule has 1 aromatic carbocycles. The smallest absolute Gasteiger partial charge is 0.183 e. The van der Waals surface area contributed by atoms with Crippen molar-refractivity contribution in [1.29, 1.82) is 0 Å². The number of fused-ring (bicyclic) bond motifs is 1. The van der Waals surface area contributed by atoms with Crippen LogP contribution in [0.25, 0.3) is 10.2 Å². The normalized spacial score (nSPS) is 19.5.